The molecule has 1 aromatic rings. The number of nitrogens with zero attached hydrogens (tertiary/aromatic N) is 2. The lowest BCUT2D eigenvalue weighted by Crippen LogP contribution is -2.55. The Bertz CT molecular complexity index is 636. The third kappa shape index (κ3) is 4.43. The maximum absolute atomic E-state index is 12.6. The lowest BCUT2D eigenvalue weighted by atomic mass is 9.88. The second kappa shape index (κ2) is 8.64. The molecule has 0 radical (unpaired) electrons. The molecule has 2 fully saturated rings. The number of rotatable bonds is 6. The predicted octanol–water partition coefficient (Wildman–Crippen LogP) is 1.19. The van der Waals surface area contributed by atoms with Gasteiger partial charge in [-0.05, 0) is 37.1 Å². The smallest absolute Gasteiger partial charge is 0.238 e. The van der Waals surface area contributed by atoms with Crippen LogP contribution in [0.1, 0.15) is 19.4 Å². The first kappa shape index (κ1) is 18.9. The van der Waals surface area contributed by atoms with Gasteiger partial charge in [0, 0.05) is 37.8 Å². The van der Waals surface area contributed by atoms with Crippen LogP contribution in [0.2, 0.25) is 0 Å². The molecule has 0 saturated carbocycles. The van der Waals surface area contributed by atoms with E-state index in [1.54, 1.807) is 0 Å². The minimum atomic E-state index is 0.0135. The average molecular weight is 358 g/mol. The number of carbonyl (C=O) groups is 2. The first-order chi connectivity index (χ1) is 12.6. The van der Waals surface area contributed by atoms with Gasteiger partial charge in [-0.15, -0.1) is 0 Å². The minimum Gasteiger partial charge on any atom is -0.340 e. The lowest BCUT2D eigenvalue weighted by Gasteiger charge is -2.39. The van der Waals surface area contributed by atoms with Crippen LogP contribution in [0.5, 0.6) is 0 Å². The van der Waals surface area contributed by atoms with E-state index in [2.05, 4.69) is 22.5 Å². The van der Waals surface area contributed by atoms with Gasteiger partial charge in [0.1, 0.15) is 0 Å². The quantitative estimate of drug-likeness (QED) is 0.802. The molecule has 6 nitrogen and oxygen atoms in total. The van der Waals surface area contributed by atoms with E-state index in [1.807, 2.05) is 36.1 Å². The van der Waals surface area contributed by atoms with E-state index in [0.717, 1.165) is 43.9 Å². The van der Waals surface area contributed by atoms with Crippen LogP contribution >= 0.6 is 0 Å². The zero-order chi connectivity index (χ0) is 18.5. The summed E-state index contributed by atoms with van der Waals surface area (Å²) < 4.78 is 0. The molecule has 1 unspecified atom stereocenters. The second-order valence-electron chi connectivity index (χ2n) is 7.37. The van der Waals surface area contributed by atoms with E-state index in [1.165, 1.54) is 0 Å². The summed E-state index contributed by atoms with van der Waals surface area (Å²) in [6.45, 7) is 9.33. The van der Waals surface area contributed by atoms with E-state index in [-0.39, 0.29) is 17.7 Å². The number of nitrogens with one attached hydrogen (secondary N) is 2. The molecule has 0 aromatic heterocycles. The summed E-state index contributed by atoms with van der Waals surface area (Å²) in [5.41, 5.74) is 2.05. The standard InChI is InChI=1S/C20H30N4O2/c1-3-16-6-4-5-7-18(16)22-19(25)14-23-8-10-24(11-9-23)20(26)15(2)17-12-21-13-17/h4-7,15,17,21H,3,8-14H2,1-2H3,(H,22,25). The first-order valence-corrected chi connectivity index (χ1v) is 9.68. The van der Waals surface area contributed by atoms with Gasteiger partial charge in [0.25, 0.3) is 0 Å². The first-order valence-electron chi connectivity index (χ1n) is 9.68. The molecule has 0 aliphatic carbocycles. The summed E-state index contributed by atoms with van der Waals surface area (Å²) in [5.74, 6) is 0.846. The monoisotopic (exact) mass is 358 g/mol. The molecule has 2 N–H and O–H groups in total. The molecule has 2 aliphatic rings. The fourth-order valence-corrected chi connectivity index (χ4v) is 3.62. The summed E-state index contributed by atoms with van der Waals surface area (Å²) in [6.07, 6.45) is 0.895. The van der Waals surface area contributed by atoms with Crippen molar-refractivity contribution in [2.24, 2.45) is 11.8 Å². The third-order valence-electron chi connectivity index (χ3n) is 5.63. The third-order valence-corrected chi connectivity index (χ3v) is 5.63. The number of anilines is 1. The number of para-hydroxylation sites is 1. The van der Waals surface area contributed by atoms with Crippen molar-refractivity contribution in [3.8, 4) is 0 Å². The van der Waals surface area contributed by atoms with E-state index in [0.29, 0.717) is 25.6 Å². The van der Waals surface area contributed by atoms with Gasteiger partial charge in [-0.2, -0.15) is 0 Å². The Morgan fingerprint density at radius 1 is 1.19 bits per heavy atom. The number of hydrogen-bond acceptors (Lipinski definition) is 4. The number of aryl methyl sites for hydroxylation is 1. The van der Waals surface area contributed by atoms with Crippen molar-refractivity contribution in [1.82, 2.24) is 15.1 Å². The van der Waals surface area contributed by atoms with E-state index >= 15 is 0 Å². The molecule has 3 rings (SSSR count). The van der Waals surface area contributed by atoms with Gasteiger partial charge < -0.3 is 15.5 Å². The highest BCUT2D eigenvalue weighted by molar-refractivity contribution is 5.93. The molecule has 0 bridgehead atoms. The van der Waals surface area contributed by atoms with Crippen LogP contribution in [0.4, 0.5) is 5.69 Å². The van der Waals surface area contributed by atoms with Crippen LogP contribution < -0.4 is 10.6 Å². The topological polar surface area (TPSA) is 64.7 Å². The predicted molar refractivity (Wildman–Crippen MR) is 103 cm³/mol. The van der Waals surface area contributed by atoms with Crippen molar-refractivity contribution in [2.45, 2.75) is 20.3 Å². The molecule has 26 heavy (non-hydrogen) atoms. The van der Waals surface area contributed by atoms with E-state index < -0.39 is 0 Å². The van der Waals surface area contributed by atoms with Crippen molar-refractivity contribution in [1.29, 1.82) is 0 Å². The largest absolute Gasteiger partial charge is 0.340 e. The highest BCUT2D eigenvalue weighted by atomic mass is 16.2. The SMILES string of the molecule is CCc1ccccc1NC(=O)CN1CCN(C(=O)C(C)C2CNC2)CC1. The number of hydrogen-bond donors (Lipinski definition) is 2. The maximum Gasteiger partial charge on any atom is 0.238 e. The Kier molecular flexibility index (Phi) is 6.27. The Morgan fingerprint density at radius 3 is 2.50 bits per heavy atom. The second-order valence-corrected chi connectivity index (χ2v) is 7.37. The van der Waals surface area contributed by atoms with Crippen molar-refractivity contribution < 1.29 is 9.59 Å². The van der Waals surface area contributed by atoms with Crippen molar-refractivity contribution in [2.75, 3.05) is 51.1 Å². The van der Waals surface area contributed by atoms with Gasteiger partial charge in [-0.25, -0.2) is 0 Å². The molecule has 2 amide bonds. The molecule has 2 aliphatic heterocycles. The van der Waals surface area contributed by atoms with Crippen LogP contribution in [0.3, 0.4) is 0 Å². The Labute approximate surface area is 155 Å². The van der Waals surface area contributed by atoms with Gasteiger partial charge in [-0.1, -0.05) is 32.0 Å². The van der Waals surface area contributed by atoms with Gasteiger partial charge in [0.05, 0.1) is 6.54 Å². The highest BCUT2D eigenvalue weighted by Gasteiger charge is 2.33. The molecule has 2 heterocycles. The van der Waals surface area contributed by atoms with E-state index in [4.69, 9.17) is 0 Å². The summed E-state index contributed by atoms with van der Waals surface area (Å²) in [6, 6.07) is 7.92. The van der Waals surface area contributed by atoms with Gasteiger partial charge in [0.2, 0.25) is 11.8 Å². The maximum atomic E-state index is 12.6. The number of amides is 2. The summed E-state index contributed by atoms with van der Waals surface area (Å²) in [7, 11) is 0. The minimum absolute atomic E-state index is 0.0135. The fraction of sp³-hybridized carbons (Fsp3) is 0.600. The fourth-order valence-electron chi connectivity index (χ4n) is 3.62. The molecule has 1 atom stereocenters. The summed E-state index contributed by atoms with van der Waals surface area (Å²) >= 11 is 0. The Morgan fingerprint density at radius 2 is 1.88 bits per heavy atom. The van der Waals surface area contributed by atoms with Crippen molar-refractivity contribution in [3.63, 3.8) is 0 Å². The molecule has 1 aromatic carbocycles. The van der Waals surface area contributed by atoms with Crippen LogP contribution in [0.25, 0.3) is 0 Å². The van der Waals surface area contributed by atoms with Gasteiger partial charge in [-0.3, -0.25) is 14.5 Å². The zero-order valence-electron chi connectivity index (χ0n) is 15.8. The van der Waals surface area contributed by atoms with Crippen LogP contribution in [-0.4, -0.2) is 67.4 Å². The van der Waals surface area contributed by atoms with E-state index in [9.17, 15) is 9.59 Å². The molecule has 142 valence electrons. The number of benzene rings is 1. The summed E-state index contributed by atoms with van der Waals surface area (Å²) in [5, 5.41) is 6.26. The molecule has 2 saturated heterocycles. The molecule has 6 heteroatoms. The molecular formula is C20H30N4O2. The molecule has 0 spiro atoms. The zero-order valence-corrected chi connectivity index (χ0v) is 15.8. The number of carbonyl (C=O) groups excluding carboxylic acids is 2. The van der Waals surface area contributed by atoms with Crippen LogP contribution in [0, 0.1) is 11.8 Å². The van der Waals surface area contributed by atoms with Crippen molar-refractivity contribution >= 4 is 17.5 Å². The number of piperazine rings is 1. The Hall–Kier alpha value is -1.92. The average Bonchev–Trinajstić information content (AvgIpc) is 2.60. The van der Waals surface area contributed by atoms with Gasteiger partial charge in [0.15, 0.2) is 0 Å². The lowest BCUT2D eigenvalue weighted by molar-refractivity contribution is -0.139. The van der Waals surface area contributed by atoms with Crippen LogP contribution in [-0.2, 0) is 16.0 Å². The normalized spacial score (nSPS) is 19.7. The summed E-state index contributed by atoms with van der Waals surface area (Å²) in [4.78, 5) is 29.0. The molecular weight excluding hydrogens is 328 g/mol. The van der Waals surface area contributed by atoms with Crippen molar-refractivity contribution in [3.05, 3.63) is 29.8 Å². The van der Waals surface area contributed by atoms with Crippen LogP contribution in [0.15, 0.2) is 24.3 Å². The Balaban J connectivity index is 1.44. The van der Waals surface area contributed by atoms with Gasteiger partial charge >= 0.3 is 0 Å². The highest BCUT2D eigenvalue weighted by Crippen LogP contribution is 2.19.